The van der Waals surface area contributed by atoms with Crippen molar-refractivity contribution in [3.05, 3.63) is 18.0 Å². The molecule has 1 aliphatic rings. The van der Waals surface area contributed by atoms with Gasteiger partial charge in [0, 0.05) is 53.0 Å². The van der Waals surface area contributed by atoms with E-state index in [2.05, 4.69) is 5.32 Å². The third kappa shape index (κ3) is 2.97. The summed E-state index contributed by atoms with van der Waals surface area (Å²) in [5.41, 5.74) is 0.362. The topological polar surface area (TPSA) is 74.7 Å². The maximum atomic E-state index is 12.7. The monoisotopic (exact) mass is 314 g/mol. The molecule has 0 radical (unpaired) electrons. The summed E-state index contributed by atoms with van der Waals surface area (Å²) in [5, 5.41) is 3.17. The highest BCUT2D eigenvalue weighted by molar-refractivity contribution is 7.89. The maximum absolute atomic E-state index is 12.7. The largest absolute Gasteiger partial charge is 0.345 e. The van der Waals surface area contributed by atoms with Crippen LogP contribution in [0.3, 0.4) is 0 Å². The summed E-state index contributed by atoms with van der Waals surface area (Å²) in [4.78, 5) is 13.6. The van der Waals surface area contributed by atoms with Crippen LogP contribution in [0.25, 0.3) is 0 Å². The summed E-state index contributed by atoms with van der Waals surface area (Å²) in [5.74, 6) is -0.215. The van der Waals surface area contributed by atoms with Crippen LogP contribution < -0.4 is 5.32 Å². The van der Waals surface area contributed by atoms with Crippen molar-refractivity contribution in [2.24, 2.45) is 7.05 Å². The van der Waals surface area contributed by atoms with Crippen LogP contribution in [0.15, 0.2) is 17.2 Å². The van der Waals surface area contributed by atoms with Crippen molar-refractivity contribution in [1.82, 2.24) is 19.1 Å². The molecular weight excluding hydrogens is 292 g/mol. The van der Waals surface area contributed by atoms with Crippen LogP contribution >= 0.6 is 0 Å². The lowest BCUT2D eigenvalue weighted by molar-refractivity contribution is 0.0818. The Morgan fingerprint density at radius 2 is 2.10 bits per heavy atom. The summed E-state index contributed by atoms with van der Waals surface area (Å²) >= 11 is 0. The van der Waals surface area contributed by atoms with Gasteiger partial charge in [-0.1, -0.05) is 0 Å². The molecule has 1 N–H and O–H groups in total. The second-order valence-corrected chi connectivity index (χ2v) is 7.43. The van der Waals surface area contributed by atoms with Crippen molar-refractivity contribution < 1.29 is 13.2 Å². The fourth-order valence-electron chi connectivity index (χ4n) is 2.43. The fourth-order valence-corrected chi connectivity index (χ4v) is 4.13. The van der Waals surface area contributed by atoms with E-state index in [1.807, 2.05) is 6.92 Å². The van der Waals surface area contributed by atoms with Crippen LogP contribution in [-0.4, -0.2) is 67.9 Å². The van der Waals surface area contributed by atoms with Gasteiger partial charge in [0.15, 0.2) is 0 Å². The lowest BCUT2D eigenvalue weighted by Gasteiger charge is -2.32. The molecule has 1 saturated heterocycles. The Morgan fingerprint density at radius 3 is 2.67 bits per heavy atom. The molecule has 0 aromatic carbocycles. The highest BCUT2D eigenvalue weighted by atomic mass is 32.2. The van der Waals surface area contributed by atoms with Gasteiger partial charge in [-0.25, -0.2) is 8.42 Å². The Labute approximate surface area is 125 Å². The number of aromatic nitrogens is 1. The third-order valence-electron chi connectivity index (χ3n) is 3.65. The molecule has 8 heteroatoms. The Bertz CT molecular complexity index is 636. The van der Waals surface area contributed by atoms with Gasteiger partial charge in [0.05, 0.1) is 0 Å². The molecule has 118 valence electrons. The molecule has 1 amide bonds. The molecule has 2 heterocycles. The normalized spacial score (nSPS) is 20.5. The van der Waals surface area contributed by atoms with Gasteiger partial charge in [-0.2, -0.15) is 4.31 Å². The molecular formula is C13H22N4O3S. The molecule has 0 bridgehead atoms. The van der Waals surface area contributed by atoms with Gasteiger partial charge in [0.25, 0.3) is 5.91 Å². The molecule has 1 atom stereocenters. The SMILES string of the molecule is CC1CNCCN1S(=O)(=O)c1cc(C(=O)N(C)C)n(C)c1. The second kappa shape index (κ2) is 5.78. The predicted octanol–water partition coefficient (Wildman–Crippen LogP) is -0.291. The van der Waals surface area contributed by atoms with E-state index in [0.717, 1.165) is 0 Å². The average Bonchev–Trinajstić information content (AvgIpc) is 2.80. The minimum atomic E-state index is -3.57. The zero-order valence-corrected chi connectivity index (χ0v) is 13.6. The lowest BCUT2D eigenvalue weighted by atomic mass is 10.3. The molecule has 1 fully saturated rings. The number of nitrogens with one attached hydrogen (secondary N) is 1. The third-order valence-corrected chi connectivity index (χ3v) is 5.63. The first-order valence-electron chi connectivity index (χ1n) is 6.85. The van der Waals surface area contributed by atoms with Gasteiger partial charge in [-0.05, 0) is 13.0 Å². The second-order valence-electron chi connectivity index (χ2n) is 5.54. The molecule has 1 aromatic rings. The quantitative estimate of drug-likeness (QED) is 0.832. The molecule has 0 spiro atoms. The molecule has 7 nitrogen and oxygen atoms in total. The van der Waals surface area contributed by atoms with E-state index in [1.54, 1.807) is 25.7 Å². The standard InChI is InChI=1S/C13H22N4O3S/c1-10-8-14-5-6-17(10)21(19,20)11-7-12(16(4)9-11)13(18)15(2)3/h7,9-10,14H,5-6,8H2,1-4H3. The Balaban J connectivity index is 2.37. The Morgan fingerprint density at radius 1 is 1.43 bits per heavy atom. The van der Waals surface area contributed by atoms with Crippen molar-refractivity contribution >= 4 is 15.9 Å². The number of sulfonamides is 1. The van der Waals surface area contributed by atoms with Gasteiger partial charge in [0.1, 0.15) is 10.6 Å². The highest BCUT2D eigenvalue weighted by Gasteiger charge is 2.32. The van der Waals surface area contributed by atoms with E-state index in [-0.39, 0.29) is 16.8 Å². The van der Waals surface area contributed by atoms with Crippen LogP contribution in [0.4, 0.5) is 0 Å². The van der Waals surface area contributed by atoms with E-state index < -0.39 is 10.0 Å². The van der Waals surface area contributed by atoms with Gasteiger partial charge in [-0.3, -0.25) is 4.79 Å². The highest BCUT2D eigenvalue weighted by Crippen LogP contribution is 2.21. The Kier molecular flexibility index (Phi) is 4.40. The average molecular weight is 314 g/mol. The van der Waals surface area contributed by atoms with E-state index >= 15 is 0 Å². The number of piperazine rings is 1. The number of hydrogen-bond donors (Lipinski definition) is 1. The van der Waals surface area contributed by atoms with Gasteiger partial charge in [-0.15, -0.1) is 0 Å². The number of carbonyl (C=O) groups is 1. The van der Waals surface area contributed by atoms with E-state index in [1.165, 1.54) is 21.5 Å². The van der Waals surface area contributed by atoms with Crippen LogP contribution in [0.5, 0.6) is 0 Å². The minimum absolute atomic E-state index is 0.100. The molecule has 21 heavy (non-hydrogen) atoms. The van der Waals surface area contributed by atoms with Crippen molar-refractivity contribution in [2.45, 2.75) is 17.9 Å². The first-order chi connectivity index (χ1) is 9.75. The number of amides is 1. The van der Waals surface area contributed by atoms with E-state index in [4.69, 9.17) is 0 Å². The van der Waals surface area contributed by atoms with Crippen molar-refractivity contribution in [3.8, 4) is 0 Å². The lowest BCUT2D eigenvalue weighted by Crippen LogP contribution is -2.52. The molecule has 1 aliphatic heterocycles. The summed E-state index contributed by atoms with van der Waals surface area (Å²) in [6.45, 7) is 3.59. The van der Waals surface area contributed by atoms with Crippen molar-refractivity contribution in [3.63, 3.8) is 0 Å². The van der Waals surface area contributed by atoms with Crippen molar-refractivity contribution in [1.29, 1.82) is 0 Å². The molecule has 1 unspecified atom stereocenters. The van der Waals surface area contributed by atoms with Crippen molar-refractivity contribution in [2.75, 3.05) is 33.7 Å². The number of hydrogen-bond acceptors (Lipinski definition) is 4. The summed E-state index contributed by atoms with van der Waals surface area (Å²) in [6.07, 6.45) is 1.50. The van der Waals surface area contributed by atoms with Crippen LogP contribution in [0, 0.1) is 0 Å². The predicted molar refractivity (Wildman–Crippen MR) is 79.7 cm³/mol. The maximum Gasteiger partial charge on any atom is 0.269 e. The molecule has 2 rings (SSSR count). The Hall–Kier alpha value is -1.38. The number of nitrogens with zero attached hydrogens (tertiary/aromatic N) is 3. The van der Waals surface area contributed by atoms with Gasteiger partial charge < -0.3 is 14.8 Å². The smallest absolute Gasteiger partial charge is 0.269 e. The number of rotatable bonds is 3. The number of carbonyl (C=O) groups excluding carboxylic acids is 1. The van der Waals surface area contributed by atoms with Crippen LogP contribution in [-0.2, 0) is 17.1 Å². The fraction of sp³-hybridized carbons (Fsp3) is 0.615. The molecule has 0 saturated carbocycles. The van der Waals surface area contributed by atoms with Gasteiger partial charge >= 0.3 is 0 Å². The molecule has 0 aliphatic carbocycles. The zero-order chi connectivity index (χ0) is 15.8. The van der Waals surface area contributed by atoms with Gasteiger partial charge in [0.2, 0.25) is 10.0 Å². The van der Waals surface area contributed by atoms with Crippen LogP contribution in [0.1, 0.15) is 17.4 Å². The first kappa shape index (κ1) is 16.0. The number of aryl methyl sites for hydroxylation is 1. The summed E-state index contributed by atoms with van der Waals surface area (Å²) in [6, 6.07) is 1.35. The first-order valence-corrected chi connectivity index (χ1v) is 8.29. The summed E-state index contributed by atoms with van der Waals surface area (Å²) < 4.78 is 28.5. The van der Waals surface area contributed by atoms with Crippen LogP contribution in [0.2, 0.25) is 0 Å². The zero-order valence-electron chi connectivity index (χ0n) is 12.8. The molecule has 1 aromatic heterocycles. The minimum Gasteiger partial charge on any atom is -0.345 e. The van der Waals surface area contributed by atoms with E-state index in [9.17, 15) is 13.2 Å². The van der Waals surface area contributed by atoms with E-state index in [0.29, 0.717) is 25.3 Å². The summed E-state index contributed by atoms with van der Waals surface area (Å²) in [7, 11) is 1.39.